The molecule has 1 heterocycles. The molecule has 0 radical (unpaired) electrons. The van der Waals surface area contributed by atoms with Crippen LogP contribution >= 0.6 is 0 Å². The number of carbonyl (C=O) groups is 2. The van der Waals surface area contributed by atoms with Crippen LogP contribution in [0.5, 0.6) is 0 Å². The van der Waals surface area contributed by atoms with Crippen LogP contribution < -0.4 is 5.73 Å². The number of hydrogen-bond donors (Lipinski definition) is 2. The summed E-state index contributed by atoms with van der Waals surface area (Å²) in [5.41, 5.74) is 6.63. The molecule has 6 heteroatoms. The van der Waals surface area contributed by atoms with Crippen molar-refractivity contribution in [3.05, 3.63) is 53.2 Å². The zero-order valence-electron chi connectivity index (χ0n) is 17.9. The number of nitrogens with two attached hydrogens (primary N) is 1. The van der Waals surface area contributed by atoms with E-state index >= 15 is 0 Å². The number of hydrogen-bond acceptors (Lipinski definition) is 5. The van der Waals surface area contributed by atoms with Crippen molar-refractivity contribution in [2.75, 3.05) is 0 Å². The average molecular weight is 415 g/mol. The Hall–Kier alpha value is -2.47. The molecule has 0 saturated heterocycles. The Morgan fingerprint density at radius 2 is 1.97 bits per heavy atom. The Morgan fingerprint density at radius 3 is 2.50 bits per heavy atom. The lowest BCUT2D eigenvalue weighted by Gasteiger charge is -2.22. The minimum Gasteiger partial charge on any atom is -0.445 e. The zero-order chi connectivity index (χ0) is 21.8. The summed E-state index contributed by atoms with van der Waals surface area (Å²) in [7, 11) is 0. The Labute approximate surface area is 178 Å². The second-order valence-electron chi connectivity index (χ2n) is 8.06. The number of oxazole rings is 1. The van der Waals surface area contributed by atoms with Gasteiger partial charge in [0.2, 0.25) is 5.91 Å². The molecule has 6 nitrogen and oxygen atoms in total. The first-order valence-electron chi connectivity index (χ1n) is 10.9. The fraction of sp³-hybridized carbons (Fsp3) is 0.542. The Morgan fingerprint density at radius 1 is 1.27 bits per heavy atom. The molecule has 2 aromatic rings. The number of primary amides is 1. The molecule has 1 saturated carbocycles. The highest BCUT2D eigenvalue weighted by Crippen LogP contribution is 2.31. The van der Waals surface area contributed by atoms with E-state index in [0.717, 1.165) is 24.3 Å². The summed E-state index contributed by atoms with van der Waals surface area (Å²) in [6.07, 6.45) is 10.7. The minimum absolute atomic E-state index is 0.117. The number of aldehydes is 1. The van der Waals surface area contributed by atoms with Crippen molar-refractivity contribution < 1.29 is 19.1 Å². The van der Waals surface area contributed by atoms with Crippen molar-refractivity contribution >= 4 is 12.2 Å². The van der Waals surface area contributed by atoms with E-state index in [0.29, 0.717) is 23.6 Å². The van der Waals surface area contributed by atoms with E-state index in [1.54, 1.807) is 6.92 Å². The predicted octanol–water partition coefficient (Wildman–Crippen LogP) is 4.68. The number of carbonyl (C=O) groups excluding carboxylic acids is 2. The number of aliphatic hydroxyl groups is 1. The fourth-order valence-corrected chi connectivity index (χ4v) is 3.98. The molecule has 0 bridgehead atoms. The highest BCUT2D eigenvalue weighted by atomic mass is 16.4. The second-order valence-corrected chi connectivity index (χ2v) is 8.06. The van der Waals surface area contributed by atoms with Crippen LogP contribution in [-0.4, -0.2) is 22.3 Å². The van der Waals surface area contributed by atoms with Crippen molar-refractivity contribution in [2.24, 2.45) is 11.7 Å². The third-order valence-corrected chi connectivity index (χ3v) is 5.67. The number of nitrogens with zero attached hydrogens (tertiary/aromatic N) is 1. The van der Waals surface area contributed by atoms with Crippen LogP contribution in [0.4, 0.5) is 0 Å². The largest absolute Gasteiger partial charge is 0.445 e. The smallest absolute Gasteiger partial charge is 0.218 e. The first kappa shape index (κ1) is 23.8. The van der Waals surface area contributed by atoms with Gasteiger partial charge in [0.25, 0.3) is 0 Å². The molecule has 1 fully saturated rings. The predicted molar refractivity (Wildman–Crippen MR) is 116 cm³/mol. The van der Waals surface area contributed by atoms with E-state index in [-0.39, 0.29) is 24.9 Å². The lowest BCUT2D eigenvalue weighted by atomic mass is 9.84. The number of amides is 1. The van der Waals surface area contributed by atoms with Gasteiger partial charge in [0.1, 0.15) is 11.5 Å². The second kappa shape index (κ2) is 13.0. The van der Waals surface area contributed by atoms with Gasteiger partial charge in [0.15, 0.2) is 12.2 Å². The summed E-state index contributed by atoms with van der Waals surface area (Å²) in [5.74, 6) is 1.33. The van der Waals surface area contributed by atoms with Crippen molar-refractivity contribution in [3.63, 3.8) is 0 Å². The van der Waals surface area contributed by atoms with E-state index in [2.05, 4.69) is 4.98 Å². The lowest BCUT2D eigenvalue weighted by molar-refractivity contribution is -0.118. The molecule has 1 aliphatic rings. The van der Waals surface area contributed by atoms with Gasteiger partial charge in [-0.05, 0) is 24.8 Å². The SMILES string of the molecule is Cc1oc([C@H](CCCC2CCCCC2)CC(N)=O)nc1C=O.OCc1ccccc1. The lowest BCUT2D eigenvalue weighted by Crippen LogP contribution is -2.16. The maximum atomic E-state index is 11.3. The topological polar surface area (TPSA) is 106 Å². The van der Waals surface area contributed by atoms with E-state index in [1.165, 1.54) is 38.5 Å². The molecule has 1 aromatic heterocycles. The third-order valence-electron chi connectivity index (χ3n) is 5.67. The van der Waals surface area contributed by atoms with Crippen molar-refractivity contribution in [2.45, 2.75) is 77.2 Å². The molecule has 30 heavy (non-hydrogen) atoms. The summed E-state index contributed by atoms with van der Waals surface area (Å²) in [5, 5.41) is 8.54. The molecule has 0 aliphatic heterocycles. The van der Waals surface area contributed by atoms with Crippen LogP contribution in [0, 0.1) is 12.8 Å². The first-order valence-corrected chi connectivity index (χ1v) is 10.9. The maximum Gasteiger partial charge on any atom is 0.218 e. The summed E-state index contributed by atoms with van der Waals surface area (Å²) in [6, 6.07) is 9.52. The standard InChI is InChI=1S/C17H26N2O3.C7H8O/c1-12-15(11-20)19-17(22-12)14(10-16(18)21)9-5-8-13-6-3-2-4-7-13;8-6-7-4-2-1-3-5-7/h11,13-14H,2-10H2,1H3,(H2,18,21);1-5,8H,6H2/t14-;/m1./s1. The van der Waals surface area contributed by atoms with Gasteiger partial charge in [-0.3, -0.25) is 9.59 Å². The van der Waals surface area contributed by atoms with E-state index in [1.807, 2.05) is 30.3 Å². The van der Waals surface area contributed by atoms with Crippen molar-refractivity contribution in [1.29, 1.82) is 0 Å². The van der Waals surface area contributed by atoms with Gasteiger partial charge in [-0.1, -0.05) is 75.3 Å². The van der Waals surface area contributed by atoms with Gasteiger partial charge >= 0.3 is 0 Å². The van der Waals surface area contributed by atoms with E-state index in [4.69, 9.17) is 15.3 Å². The molecule has 164 valence electrons. The van der Waals surface area contributed by atoms with Crippen LogP contribution in [0.1, 0.15) is 91.4 Å². The van der Waals surface area contributed by atoms with E-state index in [9.17, 15) is 9.59 Å². The van der Waals surface area contributed by atoms with Crippen LogP contribution in [-0.2, 0) is 11.4 Å². The number of aliphatic hydroxyl groups excluding tert-OH is 1. The molecular formula is C24H34N2O4. The van der Waals surface area contributed by atoms with Crippen LogP contribution in [0.15, 0.2) is 34.7 Å². The van der Waals surface area contributed by atoms with Gasteiger partial charge in [-0.15, -0.1) is 0 Å². The van der Waals surface area contributed by atoms with Gasteiger partial charge in [0, 0.05) is 12.3 Å². The van der Waals surface area contributed by atoms with Crippen LogP contribution in [0.3, 0.4) is 0 Å². The summed E-state index contributed by atoms with van der Waals surface area (Å²) in [4.78, 5) is 26.4. The molecule has 0 unspecified atom stereocenters. The highest BCUT2D eigenvalue weighted by molar-refractivity contribution is 5.75. The highest BCUT2D eigenvalue weighted by Gasteiger charge is 2.22. The van der Waals surface area contributed by atoms with E-state index < -0.39 is 0 Å². The maximum absolute atomic E-state index is 11.3. The minimum atomic E-state index is -0.355. The van der Waals surface area contributed by atoms with Crippen LogP contribution in [0.2, 0.25) is 0 Å². The average Bonchev–Trinajstić information content (AvgIpc) is 3.15. The van der Waals surface area contributed by atoms with Crippen molar-refractivity contribution in [1.82, 2.24) is 4.98 Å². The monoisotopic (exact) mass is 414 g/mol. The number of rotatable bonds is 9. The molecule has 1 amide bonds. The Bertz CT molecular complexity index is 767. The van der Waals surface area contributed by atoms with Gasteiger partial charge in [-0.2, -0.15) is 0 Å². The van der Waals surface area contributed by atoms with Crippen molar-refractivity contribution in [3.8, 4) is 0 Å². The molecular weight excluding hydrogens is 380 g/mol. The molecule has 0 spiro atoms. The van der Waals surface area contributed by atoms with Gasteiger partial charge < -0.3 is 15.3 Å². The molecule has 3 rings (SSSR count). The molecule has 1 aromatic carbocycles. The Kier molecular flexibility index (Phi) is 10.3. The van der Waals surface area contributed by atoms with Crippen LogP contribution in [0.25, 0.3) is 0 Å². The normalized spacial score (nSPS) is 15.1. The number of benzene rings is 1. The number of aromatic nitrogens is 1. The van der Waals surface area contributed by atoms with Gasteiger partial charge in [0.05, 0.1) is 6.61 Å². The molecule has 1 aliphatic carbocycles. The zero-order valence-corrected chi connectivity index (χ0v) is 17.9. The quantitative estimate of drug-likeness (QED) is 0.579. The summed E-state index contributed by atoms with van der Waals surface area (Å²) >= 11 is 0. The van der Waals surface area contributed by atoms with Gasteiger partial charge in [-0.25, -0.2) is 4.98 Å². The first-order chi connectivity index (χ1) is 14.5. The molecule has 1 atom stereocenters. The Balaban J connectivity index is 0.000000335. The third kappa shape index (κ3) is 8.11. The fourth-order valence-electron chi connectivity index (χ4n) is 3.98. The number of aryl methyl sites for hydroxylation is 1. The summed E-state index contributed by atoms with van der Waals surface area (Å²) in [6.45, 7) is 1.85. The summed E-state index contributed by atoms with van der Waals surface area (Å²) < 4.78 is 5.56. The molecule has 3 N–H and O–H groups in total.